The van der Waals surface area contributed by atoms with Crippen molar-refractivity contribution < 1.29 is 14.7 Å². The van der Waals surface area contributed by atoms with Crippen molar-refractivity contribution in [1.82, 2.24) is 15.6 Å². The number of nitrogens with one attached hydrogen (secondary N) is 2. The van der Waals surface area contributed by atoms with Crippen molar-refractivity contribution in [2.75, 3.05) is 0 Å². The Morgan fingerprint density at radius 1 is 1.37 bits per heavy atom. The summed E-state index contributed by atoms with van der Waals surface area (Å²) in [6.07, 6.45) is 3.95. The van der Waals surface area contributed by atoms with E-state index in [2.05, 4.69) is 15.6 Å². The van der Waals surface area contributed by atoms with Crippen molar-refractivity contribution in [3.8, 4) is 0 Å². The quantitative estimate of drug-likeness (QED) is 0.724. The molecule has 0 aliphatic carbocycles. The third-order valence-corrected chi connectivity index (χ3v) is 2.97. The first kappa shape index (κ1) is 14.9. The molecule has 0 radical (unpaired) electrons. The molecule has 3 N–H and O–H groups in total. The summed E-state index contributed by atoms with van der Waals surface area (Å²) in [6.45, 7) is 4.01. The van der Waals surface area contributed by atoms with Crippen LogP contribution < -0.4 is 10.6 Å². The lowest BCUT2D eigenvalue weighted by molar-refractivity contribution is -0.140. The highest BCUT2D eigenvalue weighted by atomic mass is 16.4. The highest BCUT2D eigenvalue weighted by molar-refractivity contribution is 5.82. The summed E-state index contributed by atoms with van der Waals surface area (Å²) < 4.78 is 0. The molecule has 0 saturated carbocycles. The second kappa shape index (κ2) is 7.35. The first-order valence-corrected chi connectivity index (χ1v) is 6.20. The molecule has 1 aromatic rings. The summed E-state index contributed by atoms with van der Waals surface area (Å²) in [6, 6.07) is 2.21. The van der Waals surface area contributed by atoms with Crippen LogP contribution in [0.3, 0.4) is 0 Å². The van der Waals surface area contributed by atoms with Gasteiger partial charge in [0.2, 0.25) is 0 Å². The summed E-state index contributed by atoms with van der Waals surface area (Å²) in [4.78, 5) is 26.6. The third-order valence-electron chi connectivity index (χ3n) is 2.97. The minimum atomic E-state index is -1.02. The summed E-state index contributed by atoms with van der Waals surface area (Å²) in [5.41, 5.74) is 0.903. The number of carbonyl (C=O) groups excluding carboxylic acids is 1. The minimum Gasteiger partial charge on any atom is -0.480 e. The van der Waals surface area contributed by atoms with Crippen LogP contribution in [0.25, 0.3) is 0 Å². The number of rotatable bonds is 6. The Morgan fingerprint density at radius 3 is 2.53 bits per heavy atom. The number of hydrogen-bond acceptors (Lipinski definition) is 3. The lowest BCUT2D eigenvalue weighted by Gasteiger charge is -2.20. The van der Waals surface area contributed by atoms with Crippen molar-refractivity contribution >= 4 is 12.0 Å². The largest absolute Gasteiger partial charge is 0.480 e. The van der Waals surface area contributed by atoms with Crippen molar-refractivity contribution in [3.05, 3.63) is 30.1 Å². The molecule has 2 atom stereocenters. The lowest BCUT2D eigenvalue weighted by Crippen LogP contribution is -2.48. The van der Waals surface area contributed by atoms with Gasteiger partial charge in [0, 0.05) is 18.9 Å². The van der Waals surface area contributed by atoms with E-state index in [4.69, 9.17) is 5.11 Å². The van der Waals surface area contributed by atoms with Gasteiger partial charge in [0.15, 0.2) is 0 Å². The summed E-state index contributed by atoms with van der Waals surface area (Å²) >= 11 is 0. The average Bonchev–Trinajstić information content (AvgIpc) is 2.42. The lowest BCUT2D eigenvalue weighted by atomic mass is 9.99. The highest BCUT2D eigenvalue weighted by Gasteiger charge is 2.24. The molecule has 0 spiro atoms. The molecular weight excluding hydrogens is 246 g/mol. The third kappa shape index (κ3) is 4.95. The van der Waals surface area contributed by atoms with Crippen LogP contribution in [-0.2, 0) is 11.3 Å². The fraction of sp³-hybridized carbons (Fsp3) is 0.462. The van der Waals surface area contributed by atoms with E-state index in [1.807, 2.05) is 6.92 Å². The molecule has 104 valence electrons. The van der Waals surface area contributed by atoms with E-state index < -0.39 is 18.0 Å². The molecule has 2 amide bonds. The maximum atomic E-state index is 11.7. The number of pyridine rings is 1. The predicted molar refractivity (Wildman–Crippen MR) is 70.5 cm³/mol. The zero-order valence-corrected chi connectivity index (χ0v) is 11.1. The number of aliphatic carboxylic acids is 1. The molecule has 0 aromatic carbocycles. The number of hydrogen-bond donors (Lipinski definition) is 3. The number of urea groups is 1. The molecule has 0 bridgehead atoms. The fourth-order valence-electron chi connectivity index (χ4n) is 1.56. The van der Waals surface area contributed by atoms with Gasteiger partial charge in [0.1, 0.15) is 6.04 Å². The molecule has 0 aliphatic rings. The van der Waals surface area contributed by atoms with Crippen molar-refractivity contribution in [2.24, 2.45) is 5.92 Å². The van der Waals surface area contributed by atoms with Gasteiger partial charge in [-0.15, -0.1) is 0 Å². The van der Waals surface area contributed by atoms with E-state index in [0.29, 0.717) is 13.0 Å². The number of carbonyl (C=O) groups is 2. The molecular formula is C13H19N3O3. The number of amides is 2. The zero-order valence-electron chi connectivity index (χ0n) is 11.1. The highest BCUT2D eigenvalue weighted by Crippen LogP contribution is 2.07. The molecule has 1 rings (SSSR count). The van der Waals surface area contributed by atoms with E-state index >= 15 is 0 Å². The zero-order chi connectivity index (χ0) is 14.3. The first-order valence-electron chi connectivity index (χ1n) is 6.20. The molecule has 6 heteroatoms. The molecule has 0 saturated heterocycles. The molecule has 19 heavy (non-hydrogen) atoms. The second-order valence-corrected chi connectivity index (χ2v) is 4.38. The topological polar surface area (TPSA) is 91.3 Å². The predicted octanol–water partition coefficient (Wildman–Crippen LogP) is 1.38. The summed E-state index contributed by atoms with van der Waals surface area (Å²) in [7, 11) is 0. The van der Waals surface area contributed by atoms with Gasteiger partial charge in [0.25, 0.3) is 0 Å². The molecule has 1 aromatic heterocycles. The van der Waals surface area contributed by atoms with Crippen LogP contribution in [0.5, 0.6) is 0 Å². The first-order chi connectivity index (χ1) is 9.04. The number of nitrogens with zero attached hydrogens (tertiary/aromatic N) is 1. The Hall–Kier alpha value is -2.11. The van der Waals surface area contributed by atoms with Gasteiger partial charge < -0.3 is 15.7 Å². The average molecular weight is 265 g/mol. The molecule has 6 nitrogen and oxygen atoms in total. The summed E-state index contributed by atoms with van der Waals surface area (Å²) in [5.74, 6) is -1.14. The standard InChI is InChI=1S/C13H19N3O3/c1-3-9(2)11(12(17)18)16-13(19)15-8-10-4-6-14-7-5-10/h4-7,9,11H,3,8H2,1-2H3,(H,17,18)(H2,15,16,19). The van der Waals surface area contributed by atoms with E-state index in [0.717, 1.165) is 5.56 Å². The van der Waals surface area contributed by atoms with Crippen LogP contribution in [0.15, 0.2) is 24.5 Å². The number of carboxylic acid groups (broad SMARTS) is 1. The second-order valence-electron chi connectivity index (χ2n) is 4.38. The van der Waals surface area contributed by atoms with Gasteiger partial charge in [-0.1, -0.05) is 20.3 Å². The van der Waals surface area contributed by atoms with Crippen molar-refractivity contribution in [3.63, 3.8) is 0 Å². The van der Waals surface area contributed by atoms with E-state index in [9.17, 15) is 9.59 Å². The maximum Gasteiger partial charge on any atom is 0.326 e. The van der Waals surface area contributed by atoms with Crippen LogP contribution in [0.4, 0.5) is 4.79 Å². The summed E-state index contributed by atoms with van der Waals surface area (Å²) in [5, 5.41) is 14.2. The molecule has 2 unspecified atom stereocenters. The van der Waals surface area contributed by atoms with Gasteiger partial charge in [0.05, 0.1) is 0 Å². The smallest absolute Gasteiger partial charge is 0.326 e. The van der Waals surface area contributed by atoms with Crippen LogP contribution in [-0.4, -0.2) is 28.1 Å². The van der Waals surface area contributed by atoms with E-state index in [-0.39, 0.29) is 5.92 Å². The van der Waals surface area contributed by atoms with Crippen LogP contribution in [0, 0.1) is 5.92 Å². The Labute approximate surface area is 112 Å². The van der Waals surface area contributed by atoms with Gasteiger partial charge in [-0.3, -0.25) is 4.98 Å². The SMILES string of the molecule is CCC(C)C(NC(=O)NCc1ccncc1)C(=O)O. The van der Waals surface area contributed by atoms with Gasteiger partial charge in [-0.05, 0) is 23.6 Å². The van der Waals surface area contributed by atoms with Gasteiger partial charge in [-0.2, -0.15) is 0 Å². The Balaban J connectivity index is 2.47. The normalized spacial score (nSPS) is 13.4. The van der Waals surface area contributed by atoms with E-state index in [1.165, 1.54) is 0 Å². The van der Waals surface area contributed by atoms with Crippen LogP contribution in [0.1, 0.15) is 25.8 Å². The van der Waals surface area contributed by atoms with Gasteiger partial charge >= 0.3 is 12.0 Å². The Bertz CT molecular complexity index is 422. The Morgan fingerprint density at radius 2 is 2.00 bits per heavy atom. The van der Waals surface area contributed by atoms with E-state index in [1.54, 1.807) is 31.5 Å². The van der Waals surface area contributed by atoms with Crippen LogP contribution in [0.2, 0.25) is 0 Å². The Kier molecular flexibility index (Phi) is 5.78. The van der Waals surface area contributed by atoms with Crippen LogP contribution >= 0.6 is 0 Å². The van der Waals surface area contributed by atoms with Gasteiger partial charge in [-0.25, -0.2) is 9.59 Å². The van der Waals surface area contributed by atoms with Crippen molar-refractivity contribution in [1.29, 1.82) is 0 Å². The number of aromatic nitrogens is 1. The minimum absolute atomic E-state index is 0.121. The fourth-order valence-corrected chi connectivity index (χ4v) is 1.56. The maximum absolute atomic E-state index is 11.7. The molecule has 1 heterocycles. The molecule has 0 fully saturated rings. The number of carboxylic acids is 1. The van der Waals surface area contributed by atoms with Crippen molar-refractivity contribution in [2.45, 2.75) is 32.9 Å². The molecule has 0 aliphatic heterocycles. The monoisotopic (exact) mass is 265 g/mol.